The number of Topliss-reactive ketones (excluding diaryl/α,β-unsaturated/α-hetero) is 2. The van der Waals surface area contributed by atoms with Crippen LogP contribution in [0.3, 0.4) is 0 Å². The quantitative estimate of drug-likeness (QED) is 0.0425. The van der Waals surface area contributed by atoms with E-state index in [-0.39, 0.29) is 43.4 Å². The van der Waals surface area contributed by atoms with E-state index in [2.05, 4.69) is 15.5 Å². The number of benzene rings is 2. The number of nitrogens with one attached hydrogen (secondary N) is 1. The van der Waals surface area contributed by atoms with Crippen LogP contribution in [0.25, 0.3) is 44.5 Å². The van der Waals surface area contributed by atoms with E-state index < -0.39 is 5.91 Å². The number of ether oxygens (including phenoxy) is 3. The van der Waals surface area contributed by atoms with Crippen molar-refractivity contribution in [2.45, 2.75) is 73.6 Å². The third kappa shape index (κ3) is 9.31. The summed E-state index contributed by atoms with van der Waals surface area (Å²) in [6, 6.07) is 10.5. The van der Waals surface area contributed by atoms with Crippen LogP contribution in [-0.2, 0) is 30.9 Å². The van der Waals surface area contributed by atoms with Crippen molar-refractivity contribution in [2.75, 3.05) is 45.4 Å². The number of nitrogens with zero attached hydrogens (tertiary/aromatic N) is 9. The lowest BCUT2D eigenvalue weighted by molar-refractivity contribution is 0.0989. The fourth-order valence-electron chi connectivity index (χ4n) is 7.59. The number of rotatable bonds is 22. The summed E-state index contributed by atoms with van der Waals surface area (Å²) < 4.78 is 25.2. The Bertz CT molecular complexity index is 2850. The van der Waals surface area contributed by atoms with Crippen molar-refractivity contribution in [1.82, 2.24) is 43.6 Å². The molecule has 63 heavy (non-hydrogen) atoms. The Morgan fingerprint density at radius 1 is 0.810 bits per heavy atom. The van der Waals surface area contributed by atoms with Crippen LogP contribution in [0.2, 0.25) is 0 Å². The van der Waals surface area contributed by atoms with E-state index in [0.29, 0.717) is 113 Å². The van der Waals surface area contributed by atoms with Crippen LogP contribution in [0.1, 0.15) is 76.2 Å². The summed E-state index contributed by atoms with van der Waals surface area (Å²) in [6.07, 6.45) is 6.68. The number of aliphatic hydroxyl groups is 1. The van der Waals surface area contributed by atoms with Gasteiger partial charge in [0.25, 0.3) is 0 Å². The number of primary amides is 1. The number of aryl methyl sites for hydroxylation is 4. The van der Waals surface area contributed by atoms with Gasteiger partial charge in [-0.3, -0.25) is 23.7 Å². The predicted octanol–water partition coefficient (Wildman–Crippen LogP) is 5.68. The molecule has 0 unspecified atom stereocenters. The number of imidazole rings is 1. The van der Waals surface area contributed by atoms with Gasteiger partial charge in [-0.25, -0.2) is 15.0 Å². The fourth-order valence-corrected chi connectivity index (χ4v) is 7.59. The molecule has 5 aromatic heterocycles. The van der Waals surface area contributed by atoms with Crippen LogP contribution >= 0.6 is 0 Å². The highest BCUT2D eigenvalue weighted by atomic mass is 16.5. The molecule has 18 nitrogen and oxygen atoms in total. The minimum absolute atomic E-state index is 0.0616. The molecule has 0 aliphatic heterocycles. The van der Waals surface area contributed by atoms with Crippen molar-refractivity contribution < 1.29 is 33.7 Å². The maximum absolute atomic E-state index is 13.6. The summed E-state index contributed by atoms with van der Waals surface area (Å²) in [5.41, 5.74) is 11.7. The summed E-state index contributed by atoms with van der Waals surface area (Å²) >= 11 is 0. The van der Waals surface area contributed by atoms with E-state index in [0.717, 1.165) is 17.1 Å². The molecule has 0 aliphatic rings. The van der Waals surface area contributed by atoms with Crippen molar-refractivity contribution in [3.8, 4) is 23.0 Å². The van der Waals surface area contributed by atoms with Crippen LogP contribution < -0.4 is 20.5 Å². The van der Waals surface area contributed by atoms with Crippen molar-refractivity contribution in [2.24, 2.45) is 5.73 Å². The van der Waals surface area contributed by atoms with Gasteiger partial charge in [0, 0.05) is 87.4 Å². The molecule has 0 aliphatic carbocycles. The third-order valence-electron chi connectivity index (χ3n) is 10.5. The summed E-state index contributed by atoms with van der Waals surface area (Å²) in [6.45, 7) is 11.8. The van der Waals surface area contributed by atoms with Crippen LogP contribution in [0.15, 0.2) is 54.7 Å². The standard InChI is InChI=1S/C45H53N11O7/c1-7-55-35(19-27(3)51-55)37(59)26-48-45-49-34-22-30(29(5)58)23-39(63-18-12-16-61-6)41(34)54(45)14-10-9-13-53-40-32(21-31(42(46)60)24-38(40)62-17-11-15-57)33-25-47-43(50-44(33)53)36-20-28(4)52-56(36)8-2/h9-10,19-25,57H,7-8,11-18,26H2,1-6H3,(H2,46,60)(H,48,49)/b10-9+. The van der Waals surface area contributed by atoms with Gasteiger partial charge in [0.05, 0.1) is 42.2 Å². The molecule has 18 heteroatoms. The molecule has 1 amide bonds. The van der Waals surface area contributed by atoms with Gasteiger partial charge in [0.15, 0.2) is 17.4 Å². The van der Waals surface area contributed by atoms with Gasteiger partial charge in [0.1, 0.15) is 34.1 Å². The predicted molar refractivity (Wildman–Crippen MR) is 239 cm³/mol. The zero-order chi connectivity index (χ0) is 44.8. The first-order valence-electron chi connectivity index (χ1n) is 21.0. The van der Waals surface area contributed by atoms with E-state index >= 15 is 0 Å². The van der Waals surface area contributed by atoms with E-state index in [9.17, 15) is 19.5 Å². The second-order valence-electron chi connectivity index (χ2n) is 15.1. The highest BCUT2D eigenvalue weighted by Gasteiger charge is 2.23. The van der Waals surface area contributed by atoms with Crippen LogP contribution in [0.4, 0.5) is 5.95 Å². The molecule has 5 heterocycles. The molecule has 7 aromatic rings. The van der Waals surface area contributed by atoms with E-state index in [1.165, 1.54) is 6.92 Å². The maximum atomic E-state index is 13.6. The second kappa shape index (κ2) is 19.4. The second-order valence-corrected chi connectivity index (χ2v) is 15.1. The monoisotopic (exact) mass is 859 g/mol. The number of hydrogen-bond donors (Lipinski definition) is 3. The number of allylic oxidation sites excluding steroid dienone is 2. The molecule has 7 rings (SSSR count). The van der Waals surface area contributed by atoms with Gasteiger partial charge in [-0.1, -0.05) is 12.2 Å². The molecule has 0 fully saturated rings. The molecular weight excluding hydrogens is 807 g/mol. The number of aliphatic hydroxyl groups excluding tert-OH is 1. The summed E-state index contributed by atoms with van der Waals surface area (Å²) in [4.78, 5) is 53.5. The van der Waals surface area contributed by atoms with Crippen LogP contribution in [-0.4, -0.2) is 106 Å². The molecule has 0 spiro atoms. The molecule has 0 saturated heterocycles. The summed E-state index contributed by atoms with van der Waals surface area (Å²) in [7, 11) is 1.63. The van der Waals surface area contributed by atoms with Crippen molar-refractivity contribution >= 4 is 56.4 Å². The molecule has 0 radical (unpaired) electrons. The van der Waals surface area contributed by atoms with Gasteiger partial charge >= 0.3 is 0 Å². The number of anilines is 1. The molecule has 0 saturated carbocycles. The van der Waals surface area contributed by atoms with Crippen LogP contribution in [0.5, 0.6) is 11.5 Å². The number of carbonyl (C=O) groups is 3. The topological polar surface area (TPSA) is 221 Å². The number of aromatic nitrogens is 9. The molecule has 0 bridgehead atoms. The van der Waals surface area contributed by atoms with Gasteiger partial charge in [0.2, 0.25) is 11.9 Å². The Hall–Kier alpha value is -6.92. The summed E-state index contributed by atoms with van der Waals surface area (Å²) in [5.74, 6) is 0.838. The molecule has 0 atom stereocenters. The van der Waals surface area contributed by atoms with Crippen LogP contribution in [0, 0.1) is 13.8 Å². The number of ketones is 2. The number of fused-ring (bicyclic) bond motifs is 4. The number of amides is 1. The minimum Gasteiger partial charge on any atom is -0.491 e. The maximum Gasteiger partial charge on any atom is 0.248 e. The molecule has 330 valence electrons. The average Bonchev–Trinajstić information content (AvgIpc) is 4.03. The largest absolute Gasteiger partial charge is 0.491 e. The molecular formula is C45H53N11O7. The van der Waals surface area contributed by atoms with Gasteiger partial charge in [-0.15, -0.1) is 0 Å². The first-order chi connectivity index (χ1) is 30.5. The SMILES string of the molecule is CCn1nc(C)cc1C(=O)CNc1nc2cc(C(C)=O)cc(OCCCOC)c2n1C/C=C/Cn1c2nc(-c3cc(C)nn3CC)ncc2c2cc(C(N)=O)cc(OCCCO)c21. The van der Waals surface area contributed by atoms with E-state index in [1.54, 1.807) is 48.3 Å². The highest BCUT2D eigenvalue weighted by molar-refractivity contribution is 6.12. The Kier molecular flexibility index (Phi) is 13.6. The van der Waals surface area contributed by atoms with E-state index in [4.69, 9.17) is 34.9 Å². The molecule has 2 aromatic carbocycles. The van der Waals surface area contributed by atoms with Crippen molar-refractivity contribution in [3.63, 3.8) is 0 Å². The normalized spacial score (nSPS) is 11.7. The zero-order valence-electron chi connectivity index (χ0n) is 36.5. The smallest absolute Gasteiger partial charge is 0.248 e. The minimum atomic E-state index is -0.619. The zero-order valence-corrected chi connectivity index (χ0v) is 36.5. The van der Waals surface area contributed by atoms with Gasteiger partial charge in [-0.2, -0.15) is 10.2 Å². The summed E-state index contributed by atoms with van der Waals surface area (Å²) in [5, 5.41) is 23.2. The number of nitrogens with two attached hydrogens (primary N) is 1. The Morgan fingerprint density at radius 2 is 1.49 bits per heavy atom. The third-order valence-corrected chi connectivity index (χ3v) is 10.5. The lowest BCUT2D eigenvalue weighted by atomic mass is 10.1. The van der Waals surface area contributed by atoms with Crippen molar-refractivity contribution in [1.29, 1.82) is 0 Å². The van der Waals surface area contributed by atoms with E-state index in [1.807, 2.05) is 59.7 Å². The first kappa shape index (κ1) is 44.1. The van der Waals surface area contributed by atoms with Crippen molar-refractivity contribution in [3.05, 3.63) is 83.0 Å². The fraction of sp³-hybridized carbons (Fsp3) is 0.378. The molecule has 4 N–H and O–H groups in total. The number of methoxy groups -OCH3 is 1. The Balaban J connectivity index is 1.32. The lowest BCUT2D eigenvalue weighted by Gasteiger charge is -2.13. The lowest BCUT2D eigenvalue weighted by Crippen LogP contribution is -2.20. The Labute approximate surface area is 363 Å². The average molecular weight is 860 g/mol. The van der Waals surface area contributed by atoms with Gasteiger partial charge < -0.3 is 39.5 Å². The highest BCUT2D eigenvalue weighted by Crippen LogP contribution is 2.37. The Morgan fingerprint density at radius 3 is 2.19 bits per heavy atom. The number of carbonyl (C=O) groups excluding carboxylic acids is 3. The van der Waals surface area contributed by atoms with Gasteiger partial charge in [-0.05, 0) is 71.0 Å². The number of hydrogen-bond acceptors (Lipinski definition) is 13. The first-order valence-corrected chi connectivity index (χ1v) is 21.0.